The van der Waals surface area contributed by atoms with Gasteiger partial charge in [0.05, 0.1) is 0 Å². The quantitative estimate of drug-likeness (QED) is 0.839. The monoisotopic (exact) mass is 275 g/mol. The number of aliphatic hydroxyl groups excluding tert-OH is 1. The Morgan fingerprint density at radius 3 is 3.11 bits per heavy atom. The highest BCUT2D eigenvalue weighted by atomic mass is 32.1. The van der Waals surface area contributed by atoms with E-state index < -0.39 is 0 Å². The Balaban J connectivity index is 1.63. The van der Waals surface area contributed by atoms with E-state index >= 15 is 0 Å². The van der Waals surface area contributed by atoms with E-state index in [4.69, 9.17) is 5.11 Å². The summed E-state index contributed by atoms with van der Waals surface area (Å²) in [5, 5.41) is 10.8. The molecule has 0 aromatic carbocycles. The van der Waals surface area contributed by atoms with Gasteiger partial charge < -0.3 is 5.11 Å². The summed E-state index contributed by atoms with van der Waals surface area (Å²) in [6.45, 7) is 2.30. The molecule has 1 aromatic rings. The van der Waals surface area contributed by atoms with Crippen molar-refractivity contribution in [2.75, 3.05) is 13.2 Å². The predicted octanol–water partition coefficient (Wildman–Crippen LogP) is 2.86. The smallest absolute Gasteiger partial charge is 0.104 e. The van der Waals surface area contributed by atoms with Crippen LogP contribution in [0.1, 0.15) is 42.5 Å². The molecule has 2 atom stereocenters. The van der Waals surface area contributed by atoms with Crippen LogP contribution >= 0.6 is 11.3 Å². The highest BCUT2D eigenvalue weighted by Gasteiger charge is 2.35. The molecule has 2 aliphatic rings. The Morgan fingerprint density at radius 2 is 2.21 bits per heavy atom. The standard InChI is InChI=1S/C16H21NOS/c18-9-3-4-13-10-15(19-12-13)11-17-8-7-14-5-1-2-6-16(14)17/h10,12,14,16,18H,1-2,5-9,11H2. The number of nitrogens with zero attached hydrogens (tertiary/aromatic N) is 1. The first-order valence-electron chi connectivity index (χ1n) is 7.28. The Morgan fingerprint density at radius 1 is 1.32 bits per heavy atom. The maximum Gasteiger partial charge on any atom is 0.104 e. The lowest BCUT2D eigenvalue weighted by Crippen LogP contribution is -2.33. The van der Waals surface area contributed by atoms with Crippen LogP contribution < -0.4 is 0 Å². The van der Waals surface area contributed by atoms with E-state index in [1.807, 2.05) is 0 Å². The van der Waals surface area contributed by atoms with Crippen LogP contribution in [0.15, 0.2) is 11.4 Å². The van der Waals surface area contributed by atoms with Crippen molar-refractivity contribution in [3.63, 3.8) is 0 Å². The lowest BCUT2D eigenvalue weighted by Gasteiger charge is -2.31. The third-order valence-corrected chi connectivity index (χ3v) is 5.37. The van der Waals surface area contributed by atoms with E-state index in [0.29, 0.717) is 0 Å². The van der Waals surface area contributed by atoms with Gasteiger partial charge in [-0.2, -0.15) is 0 Å². The largest absolute Gasteiger partial charge is 0.384 e. The van der Waals surface area contributed by atoms with Gasteiger partial charge in [-0.25, -0.2) is 0 Å². The zero-order valence-corrected chi connectivity index (χ0v) is 12.1. The van der Waals surface area contributed by atoms with Crippen LogP contribution in [0, 0.1) is 17.8 Å². The van der Waals surface area contributed by atoms with Crippen molar-refractivity contribution >= 4 is 11.3 Å². The number of aliphatic hydroxyl groups is 1. The average molecular weight is 275 g/mol. The molecule has 3 heteroatoms. The molecule has 1 saturated heterocycles. The summed E-state index contributed by atoms with van der Waals surface area (Å²) in [6.07, 6.45) is 7.09. The Kier molecular flexibility index (Phi) is 4.22. The fraction of sp³-hybridized carbons (Fsp3) is 0.625. The number of rotatable bonds is 2. The van der Waals surface area contributed by atoms with Gasteiger partial charge in [-0.05, 0) is 37.8 Å². The molecule has 102 valence electrons. The minimum Gasteiger partial charge on any atom is -0.384 e. The summed E-state index contributed by atoms with van der Waals surface area (Å²) < 4.78 is 0. The van der Waals surface area contributed by atoms with E-state index in [0.717, 1.165) is 24.1 Å². The molecule has 1 saturated carbocycles. The lowest BCUT2D eigenvalue weighted by molar-refractivity contribution is 0.177. The summed E-state index contributed by atoms with van der Waals surface area (Å²) in [7, 11) is 0. The van der Waals surface area contributed by atoms with Crippen molar-refractivity contribution < 1.29 is 5.11 Å². The van der Waals surface area contributed by atoms with Crippen LogP contribution in [0.4, 0.5) is 0 Å². The Labute approximate surface area is 119 Å². The molecule has 0 amide bonds. The molecule has 0 spiro atoms. The van der Waals surface area contributed by atoms with E-state index in [9.17, 15) is 0 Å². The maximum atomic E-state index is 8.72. The molecule has 19 heavy (non-hydrogen) atoms. The van der Waals surface area contributed by atoms with Crippen LogP contribution in [-0.4, -0.2) is 29.2 Å². The second-order valence-electron chi connectivity index (χ2n) is 5.63. The van der Waals surface area contributed by atoms with Gasteiger partial charge in [-0.1, -0.05) is 24.7 Å². The van der Waals surface area contributed by atoms with Crippen LogP contribution in [0.5, 0.6) is 0 Å². The van der Waals surface area contributed by atoms with Crippen molar-refractivity contribution in [3.05, 3.63) is 21.9 Å². The maximum absolute atomic E-state index is 8.72. The van der Waals surface area contributed by atoms with Crippen molar-refractivity contribution in [1.29, 1.82) is 0 Å². The normalized spacial score (nSPS) is 26.8. The molecule has 1 aliphatic carbocycles. The topological polar surface area (TPSA) is 23.5 Å². The predicted molar refractivity (Wildman–Crippen MR) is 79.1 cm³/mol. The summed E-state index contributed by atoms with van der Waals surface area (Å²) in [5.41, 5.74) is 1.05. The second kappa shape index (κ2) is 6.09. The fourth-order valence-electron chi connectivity index (χ4n) is 3.57. The van der Waals surface area contributed by atoms with Gasteiger partial charge in [-0.3, -0.25) is 4.90 Å². The number of thiophene rings is 1. The van der Waals surface area contributed by atoms with Gasteiger partial charge >= 0.3 is 0 Å². The molecule has 1 aliphatic heterocycles. The SMILES string of the molecule is OCC#Cc1csc(CN2CCC3CCCCC32)c1. The Bertz CT molecular complexity index is 484. The first-order valence-corrected chi connectivity index (χ1v) is 8.16. The first-order chi connectivity index (χ1) is 9.36. The van der Waals surface area contributed by atoms with E-state index in [1.54, 1.807) is 11.3 Å². The highest BCUT2D eigenvalue weighted by Crippen LogP contribution is 2.37. The molecule has 2 unspecified atom stereocenters. The Hall–Kier alpha value is -0.820. The zero-order valence-electron chi connectivity index (χ0n) is 11.3. The number of fused-ring (bicyclic) bond motifs is 1. The minimum atomic E-state index is -0.0545. The van der Waals surface area contributed by atoms with Gasteiger partial charge in [0.2, 0.25) is 0 Å². The summed E-state index contributed by atoms with van der Waals surface area (Å²) in [4.78, 5) is 4.09. The first kappa shape index (κ1) is 13.2. The zero-order chi connectivity index (χ0) is 13.1. The van der Waals surface area contributed by atoms with Gasteiger partial charge in [0, 0.05) is 28.4 Å². The van der Waals surface area contributed by atoms with Gasteiger partial charge in [0.25, 0.3) is 0 Å². The molecule has 2 heterocycles. The van der Waals surface area contributed by atoms with Crippen LogP contribution in [-0.2, 0) is 6.54 Å². The number of hydrogen-bond acceptors (Lipinski definition) is 3. The van der Waals surface area contributed by atoms with Crippen molar-refractivity contribution in [3.8, 4) is 11.8 Å². The van der Waals surface area contributed by atoms with E-state index in [-0.39, 0.29) is 6.61 Å². The van der Waals surface area contributed by atoms with Crippen molar-refractivity contribution in [1.82, 2.24) is 4.90 Å². The number of hydrogen-bond donors (Lipinski definition) is 1. The number of likely N-dealkylation sites (tertiary alicyclic amines) is 1. The van der Waals surface area contributed by atoms with Gasteiger partial charge in [0.15, 0.2) is 0 Å². The molecule has 3 rings (SSSR count). The third kappa shape index (κ3) is 3.02. The average Bonchev–Trinajstić information content (AvgIpc) is 3.05. The molecule has 1 aromatic heterocycles. The van der Waals surface area contributed by atoms with Crippen molar-refractivity contribution in [2.45, 2.75) is 44.7 Å². The molecule has 0 bridgehead atoms. The van der Waals surface area contributed by atoms with E-state index in [2.05, 4.69) is 28.2 Å². The molecule has 2 fully saturated rings. The van der Waals surface area contributed by atoms with Crippen LogP contribution in [0.25, 0.3) is 0 Å². The molecule has 1 N–H and O–H groups in total. The molecule has 0 radical (unpaired) electrons. The minimum absolute atomic E-state index is 0.0545. The molecular formula is C16H21NOS. The van der Waals surface area contributed by atoms with Gasteiger partial charge in [-0.15, -0.1) is 11.3 Å². The van der Waals surface area contributed by atoms with Crippen LogP contribution in [0.3, 0.4) is 0 Å². The summed E-state index contributed by atoms with van der Waals surface area (Å²) in [5.74, 6) is 6.66. The van der Waals surface area contributed by atoms with E-state index in [1.165, 1.54) is 43.5 Å². The fourth-order valence-corrected chi connectivity index (χ4v) is 4.41. The summed E-state index contributed by atoms with van der Waals surface area (Å²) in [6, 6.07) is 3.02. The van der Waals surface area contributed by atoms with Gasteiger partial charge in [0.1, 0.15) is 6.61 Å². The molecular weight excluding hydrogens is 254 g/mol. The highest BCUT2D eigenvalue weighted by molar-refractivity contribution is 7.10. The second-order valence-corrected chi connectivity index (χ2v) is 6.63. The summed E-state index contributed by atoms with van der Waals surface area (Å²) >= 11 is 1.80. The third-order valence-electron chi connectivity index (χ3n) is 4.45. The van der Waals surface area contributed by atoms with Crippen molar-refractivity contribution in [2.24, 2.45) is 5.92 Å². The van der Waals surface area contributed by atoms with Crippen LogP contribution in [0.2, 0.25) is 0 Å². The molecule has 2 nitrogen and oxygen atoms in total. The lowest BCUT2D eigenvalue weighted by atomic mass is 9.85.